The third-order valence-electron chi connectivity index (χ3n) is 2.42. The van der Waals surface area contributed by atoms with Gasteiger partial charge in [-0.1, -0.05) is 28.1 Å². The Kier molecular flexibility index (Phi) is 5.84. The summed E-state index contributed by atoms with van der Waals surface area (Å²) in [6.07, 6.45) is 0.301. The Morgan fingerprint density at radius 1 is 1.44 bits per heavy atom. The number of rotatable bonds is 6. The lowest BCUT2D eigenvalue weighted by atomic mass is 9.98. The first-order valence-corrected chi connectivity index (χ1v) is 7.50. The van der Waals surface area contributed by atoms with Crippen LogP contribution in [0.5, 0.6) is 0 Å². The molecule has 1 aromatic rings. The second kappa shape index (κ2) is 6.92. The number of benzene rings is 1. The van der Waals surface area contributed by atoms with Crippen LogP contribution in [-0.2, 0) is 16.0 Å². The van der Waals surface area contributed by atoms with Gasteiger partial charge in [0, 0.05) is 16.9 Å². The number of carboxylic acids is 1. The molecule has 0 bridgehead atoms. The third-order valence-corrected chi connectivity index (χ3v) is 3.84. The van der Waals surface area contributed by atoms with E-state index in [-0.39, 0.29) is 17.5 Å². The molecule has 0 aromatic heterocycles. The molecule has 0 amide bonds. The van der Waals surface area contributed by atoms with Crippen molar-refractivity contribution in [2.24, 2.45) is 0 Å². The van der Waals surface area contributed by atoms with Gasteiger partial charge in [0.25, 0.3) is 0 Å². The molecule has 1 aromatic carbocycles. The molecular formula is C12H13BrO4S. The lowest BCUT2D eigenvalue weighted by Gasteiger charge is -2.15. The minimum absolute atomic E-state index is 0.0629. The van der Waals surface area contributed by atoms with Gasteiger partial charge in [-0.3, -0.25) is 4.79 Å². The number of ketones is 1. The van der Waals surface area contributed by atoms with Crippen LogP contribution in [-0.4, -0.2) is 33.6 Å². The average Bonchev–Trinajstić information content (AvgIpc) is 2.37. The number of Topliss-reactive ketones (excluding diaryl/α,β-unsaturated/α-hetero) is 1. The van der Waals surface area contributed by atoms with Gasteiger partial charge in [0.1, 0.15) is 5.78 Å². The van der Waals surface area contributed by atoms with Crippen molar-refractivity contribution in [3.8, 4) is 0 Å². The van der Waals surface area contributed by atoms with Gasteiger partial charge in [-0.25, -0.2) is 4.79 Å². The molecule has 18 heavy (non-hydrogen) atoms. The summed E-state index contributed by atoms with van der Waals surface area (Å²) in [6, 6.07) is 5.15. The van der Waals surface area contributed by atoms with Crippen LogP contribution in [0.25, 0.3) is 0 Å². The Bertz CT molecular complexity index is 461. The molecule has 1 atom stereocenters. The molecule has 1 unspecified atom stereocenters. The van der Waals surface area contributed by atoms with Crippen molar-refractivity contribution in [2.75, 3.05) is 11.6 Å². The maximum atomic E-state index is 11.4. The Morgan fingerprint density at radius 3 is 2.61 bits per heavy atom. The molecule has 6 heteroatoms. The molecule has 98 valence electrons. The summed E-state index contributed by atoms with van der Waals surface area (Å²) in [5, 5.41) is 18.9. The number of alkyl halides is 1. The summed E-state index contributed by atoms with van der Waals surface area (Å²) in [6.45, 7) is 0. The van der Waals surface area contributed by atoms with E-state index in [4.69, 9.17) is 5.11 Å². The molecular weight excluding hydrogens is 320 g/mol. The molecule has 0 spiro atoms. The molecule has 0 saturated carbocycles. The molecule has 0 aliphatic heterocycles. The van der Waals surface area contributed by atoms with E-state index in [0.717, 1.165) is 0 Å². The molecule has 0 heterocycles. The molecule has 0 aliphatic rings. The fourth-order valence-corrected chi connectivity index (χ4v) is 2.49. The van der Waals surface area contributed by atoms with E-state index in [1.807, 2.05) is 0 Å². The Hall–Kier alpha value is -0.850. The van der Waals surface area contributed by atoms with Crippen LogP contribution < -0.4 is 0 Å². The second-order valence-electron chi connectivity index (χ2n) is 3.62. The van der Waals surface area contributed by atoms with Gasteiger partial charge in [-0.15, -0.1) is 11.8 Å². The fraction of sp³-hybridized carbons (Fsp3) is 0.333. The predicted molar refractivity (Wildman–Crippen MR) is 73.3 cm³/mol. The number of aliphatic hydroxyl groups excluding tert-OH is 1. The highest BCUT2D eigenvalue weighted by Gasteiger charge is 2.23. The Balaban J connectivity index is 3.24. The maximum Gasteiger partial charge on any atom is 0.337 e. The van der Waals surface area contributed by atoms with Crippen molar-refractivity contribution in [1.29, 1.82) is 0 Å². The lowest BCUT2D eigenvalue weighted by Crippen LogP contribution is -2.16. The standard InChI is InChI=1S/C12H13BrO4S/c1-18-9-4-2-3-7(5-8(14)6-13)10(9)11(15)12(16)17/h2-4,11,15H,5-6H2,1H3,(H,16,17). The van der Waals surface area contributed by atoms with Gasteiger partial charge in [-0.2, -0.15) is 0 Å². The van der Waals surface area contributed by atoms with Gasteiger partial charge in [0.15, 0.2) is 6.10 Å². The van der Waals surface area contributed by atoms with Gasteiger partial charge in [0.05, 0.1) is 5.33 Å². The van der Waals surface area contributed by atoms with Crippen molar-refractivity contribution in [3.63, 3.8) is 0 Å². The van der Waals surface area contributed by atoms with Gasteiger partial charge < -0.3 is 10.2 Å². The number of aliphatic hydroxyl groups is 1. The van der Waals surface area contributed by atoms with E-state index in [2.05, 4.69) is 15.9 Å². The molecule has 0 aliphatic carbocycles. The highest BCUT2D eigenvalue weighted by molar-refractivity contribution is 9.09. The zero-order chi connectivity index (χ0) is 13.7. The maximum absolute atomic E-state index is 11.4. The first-order chi connectivity index (χ1) is 8.51. The number of aliphatic carboxylic acids is 1. The largest absolute Gasteiger partial charge is 0.479 e. The zero-order valence-corrected chi connectivity index (χ0v) is 12.1. The quantitative estimate of drug-likeness (QED) is 0.615. The smallest absolute Gasteiger partial charge is 0.337 e. The highest BCUT2D eigenvalue weighted by Crippen LogP contribution is 2.30. The van der Waals surface area contributed by atoms with E-state index < -0.39 is 12.1 Å². The van der Waals surface area contributed by atoms with Gasteiger partial charge >= 0.3 is 5.97 Å². The van der Waals surface area contributed by atoms with Gasteiger partial charge in [0.2, 0.25) is 0 Å². The van der Waals surface area contributed by atoms with Crippen molar-refractivity contribution in [3.05, 3.63) is 29.3 Å². The number of carboxylic acid groups (broad SMARTS) is 1. The van der Waals surface area contributed by atoms with Gasteiger partial charge in [-0.05, 0) is 17.9 Å². The zero-order valence-electron chi connectivity index (χ0n) is 9.72. The minimum atomic E-state index is -1.60. The van der Waals surface area contributed by atoms with Crippen molar-refractivity contribution >= 4 is 39.4 Å². The second-order valence-corrected chi connectivity index (χ2v) is 5.03. The first kappa shape index (κ1) is 15.2. The number of carbonyl (C=O) groups excluding carboxylic acids is 1. The summed E-state index contributed by atoms with van der Waals surface area (Å²) < 4.78 is 0. The van der Waals surface area contributed by atoms with Crippen molar-refractivity contribution in [1.82, 2.24) is 0 Å². The minimum Gasteiger partial charge on any atom is -0.479 e. The van der Waals surface area contributed by atoms with Crippen LogP contribution in [0.15, 0.2) is 23.1 Å². The van der Waals surface area contributed by atoms with E-state index >= 15 is 0 Å². The summed E-state index contributed by atoms with van der Waals surface area (Å²) in [5.74, 6) is -1.38. The fourth-order valence-electron chi connectivity index (χ4n) is 1.62. The Morgan fingerprint density at radius 2 is 2.11 bits per heavy atom. The predicted octanol–water partition coefficient (Wildman–Crippen LogP) is 2.03. The molecule has 4 nitrogen and oxygen atoms in total. The summed E-state index contributed by atoms with van der Waals surface area (Å²) in [7, 11) is 0. The molecule has 0 saturated heterocycles. The third kappa shape index (κ3) is 3.57. The number of halogens is 1. The SMILES string of the molecule is CSc1cccc(CC(=O)CBr)c1C(O)C(=O)O. The highest BCUT2D eigenvalue weighted by atomic mass is 79.9. The summed E-state index contributed by atoms with van der Waals surface area (Å²) in [5.41, 5.74) is 0.869. The van der Waals surface area contributed by atoms with Crippen LogP contribution >= 0.6 is 27.7 Å². The number of hydrogen-bond donors (Lipinski definition) is 2. The van der Waals surface area contributed by atoms with Crippen LogP contribution in [0.2, 0.25) is 0 Å². The topological polar surface area (TPSA) is 74.6 Å². The molecule has 0 fully saturated rings. The molecule has 0 radical (unpaired) electrons. The lowest BCUT2D eigenvalue weighted by molar-refractivity contribution is -0.147. The average molecular weight is 333 g/mol. The van der Waals surface area contributed by atoms with E-state index in [1.54, 1.807) is 24.5 Å². The van der Waals surface area contributed by atoms with Crippen LogP contribution in [0.1, 0.15) is 17.2 Å². The van der Waals surface area contributed by atoms with Crippen LogP contribution in [0, 0.1) is 0 Å². The van der Waals surface area contributed by atoms with Crippen molar-refractivity contribution in [2.45, 2.75) is 17.4 Å². The van der Waals surface area contributed by atoms with E-state index in [9.17, 15) is 14.7 Å². The summed E-state index contributed by atoms with van der Waals surface area (Å²) >= 11 is 4.41. The van der Waals surface area contributed by atoms with E-state index in [0.29, 0.717) is 16.0 Å². The van der Waals surface area contributed by atoms with Crippen molar-refractivity contribution < 1.29 is 19.8 Å². The summed E-state index contributed by atoms with van der Waals surface area (Å²) in [4.78, 5) is 23.0. The van der Waals surface area contributed by atoms with E-state index in [1.165, 1.54) is 11.8 Å². The normalized spacial score (nSPS) is 12.2. The van der Waals surface area contributed by atoms with Crippen LogP contribution in [0.4, 0.5) is 0 Å². The molecule has 1 rings (SSSR count). The number of thioether (sulfide) groups is 1. The monoisotopic (exact) mass is 332 g/mol. The molecule has 2 N–H and O–H groups in total. The Labute approximate surface area is 118 Å². The number of hydrogen-bond acceptors (Lipinski definition) is 4. The first-order valence-electron chi connectivity index (χ1n) is 5.15. The number of carbonyl (C=O) groups is 2. The van der Waals surface area contributed by atoms with Crippen LogP contribution in [0.3, 0.4) is 0 Å².